The molecule has 1 aromatic rings. The summed E-state index contributed by atoms with van der Waals surface area (Å²) < 4.78 is 12.8. The Morgan fingerprint density at radius 3 is 2.64 bits per heavy atom. The van der Waals surface area contributed by atoms with Crippen LogP contribution in [0.1, 0.15) is 140 Å². The summed E-state index contributed by atoms with van der Waals surface area (Å²) in [4.78, 5) is 18.5. The first-order valence-corrected chi connectivity index (χ1v) is 19.3. The number of piperidine rings is 1. The Kier molecular flexibility index (Phi) is 13.5. The van der Waals surface area contributed by atoms with E-state index in [1.54, 1.807) is 4.88 Å². The van der Waals surface area contributed by atoms with Crippen LogP contribution in [0, 0.1) is 11.3 Å². The van der Waals surface area contributed by atoms with Gasteiger partial charge < -0.3 is 19.7 Å². The molecular formula is C37H63ClN2O3S. The molecule has 3 heterocycles. The summed E-state index contributed by atoms with van der Waals surface area (Å²) >= 11 is 7.80. The lowest BCUT2D eigenvalue weighted by Gasteiger charge is -2.49. The molecule has 2 atom stereocenters. The second kappa shape index (κ2) is 16.4. The molecule has 0 radical (unpaired) electrons. The largest absolute Gasteiger partial charge is 0.376 e. The number of nitrogens with zero attached hydrogens (tertiary/aromatic N) is 1. The molecule has 44 heavy (non-hydrogen) atoms. The molecule has 0 unspecified atom stereocenters. The van der Waals surface area contributed by atoms with Crippen LogP contribution in [0.3, 0.4) is 0 Å². The maximum absolute atomic E-state index is 12.7. The molecule has 0 aromatic carbocycles. The lowest BCUT2D eigenvalue weighted by Crippen LogP contribution is -2.54. The number of rotatable bonds is 18. The van der Waals surface area contributed by atoms with Crippen molar-refractivity contribution in [2.75, 3.05) is 32.2 Å². The number of ether oxygens (including phenoxy) is 2. The molecule has 7 heteroatoms. The van der Waals surface area contributed by atoms with Gasteiger partial charge in [0.2, 0.25) is 5.91 Å². The normalized spacial score (nSPS) is 26.0. The zero-order chi connectivity index (χ0) is 31.8. The van der Waals surface area contributed by atoms with Crippen molar-refractivity contribution < 1.29 is 14.3 Å². The molecule has 4 rings (SSSR count). The van der Waals surface area contributed by atoms with E-state index in [0.29, 0.717) is 24.4 Å². The van der Waals surface area contributed by atoms with E-state index >= 15 is 0 Å². The zero-order valence-corrected chi connectivity index (χ0v) is 30.5. The molecule has 1 saturated carbocycles. The van der Waals surface area contributed by atoms with E-state index in [1.807, 2.05) is 11.3 Å². The third-order valence-corrected chi connectivity index (χ3v) is 12.3. The molecule has 2 fully saturated rings. The van der Waals surface area contributed by atoms with Gasteiger partial charge in [0.15, 0.2) is 0 Å². The second-order valence-corrected chi connectivity index (χ2v) is 17.2. The molecule has 2 aliphatic heterocycles. The van der Waals surface area contributed by atoms with Gasteiger partial charge in [0.25, 0.3) is 0 Å². The highest BCUT2D eigenvalue weighted by molar-refractivity contribution is 7.12. The summed E-state index contributed by atoms with van der Waals surface area (Å²) in [7, 11) is 0. The number of nitrogens with one attached hydrogen (secondary N) is 1. The smallest absolute Gasteiger partial charge is 0.220 e. The van der Waals surface area contributed by atoms with Gasteiger partial charge in [-0.3, -0.25) is 4.79 Å². The first-order chi connectivity index (χ1) is 20.9. The van der Waals surface area contributed by atoms with Gasteiger partial charge in [0, 0.05) is 60.3 Å². The summed E-state index contributed by atoms with van der Waals surface area (Å²) in [6.45, 7) is 17.6. The molecule has 5 nitrogen and oxygen atoms in total. The minimum atomic E-state index is -0.0669. The Labute approximate surface area is 278 Å². The van der Waals surface area contributed by atoms with Gasteiger partial charge in [-0.05, 0) is 108 Å². The van der Waals surface area contributed by atoms with Gasteiger partial charge in [-0.25, -0.2) is 0 Å². The molecule has 252 valence electrons. The Bertz CT molecular complexity index is 1040. The van der Waals surface area contributed by atoms with E-state index in [9.17, 15) is 4.79 Å². The van der Waals surface area contributed by atoms with Crippen molar-refractivity contribution in [3.8, 4) is 0 Å². The number of carbonyl (C=O) groups excluding carboxylic acids is 1. The van der Waals surface area contributed by atoms with E-state index in [2.05, 4.69) is 57.8 Å². The summed E-state index contributed by atoms with van der Waals surface area (Å²) in [5, 5.41) is 3.33. The highest BCUT2D eigenvalue weighted by Crippen LogP contribution is 2.46. The predicted molar refractivity (Wildman–Crippen MR) is 186 cm³/mol. The molecule has 1 aromatic heterocycles. The van der Waals surface area contributed by atoms with E-state index in [-0.39, 0.29) is 22.5 Å². The number of fused-ring (bicyclic) bond motifs is 2. The molecule has 1 N–H and O–H groups in total. The average molecular weight is 651 g/mol. The van der Waals surface area contributed by atoms with Gasteiger partial charge in [0.05, 0.1) is 17.8 Å². The fraction of sp³-hybridized carbons (Fsp3) is 0.865. The van der Waals surface area contributed by atoms with Crippen LogP contribution in [0.15, 0.2) is 6.07 Å². The number of thiophene rings is 1. The van der Waals surface area contributed by atoms with Crippen LogP contribution in [-0.2, 0) is 32.7 Å². The maximum atomic E-state index is 12.7. The Morgan fingerprint density at radius 2 is 1.91 bits per heavy atom. The molecule has 1 aliphatic carbocycles. The summed E-state index contributed by atoms with van der Waals surface area (Å²) in [5.74, 6) is 1.70. The fourth-order valence-corrected chi connectivity index (χ4v) is 9.07. The van der Waals surface area contributed by atoms with Gasteiger partial charge in [-0.2, -0.15) is 0 Å². The molecule has 1 amide bonds. The van der Waals surface area contributed by atoms with Crippen LogP contribution in [0.5, 0.6) is 0 Å². The standard InChI is InChI=1S/C37H63ClN2O3S/c1-7-31-25-32-33(44-31)14-21-43-37(32)17-20-40(28(2)26-37)27-29-23-30(24-29)39-34(41)13-12-15-35(3,4)18-22-42-36(5,6)16-10-8-9-11-19-38/h25,28-30H,7-24,26-27H2,1-6H3,(H,39,41)/t28-,29?,30?,37+/m0/s1. The van der Waals surface area contributed by atoms with E-state index in [4.69, 9.17) is 21.1 Å². The highest BCUT2D eigenvalue weighted by Gasteiger charge is 2.45. The SMILES string of the molecule is CCc1cc2c(s1)CCO[C@@]21CCN(CC2CC(NC(=O)CCCC(C)(C)CCOC(C)(C)CCCCCCCl)C2)[C@@H](C)C1. The van der Waals surface area contributed by atoms with Gasteiger partial charge in [-0.15, -0.1) is 22.9 Å². The summed E-state index contributed by atoms with van der Waals surface area (Å²) in [6, 6.07) is 3.34. The van der Waals surface area contributed by atoms with Crippen LogP contribution < -0.4 is 5.32 Å². The Balaban J connectivity index is 1.07. The number of carbonyl (C=O) groups is 1. The number of likely N-dealkylation sites (tertiary alicyclic amines) is 1. The number of halogens is 1. The highest BCUT2D eigenvalue weighted by atomic mass is 35.5. The van der Waals surface area contributed by atoms with Crippen molar-refractivity contribution in [3.05, 3.63) is 21.4 Å². The van der Waals surface area contributed by atoms with Crippen molar-refractivity contribution in [3.63, 3.8) is 0 Å². The van der Waals surface area contributed by atoms with Crippen molar-refractivity contribution in [1.29, 1.82) is 0 Å². The van der Waals surface area contributed by atoms with E-state index in [1.165, 1.54) is 29.7 Å². The number of alkyl halides is 1. The lowest BCUT2D eigenvalue weighted by molar-refractivity contribution is -0.123. The monoisotopic (exact) mass is 650 g/mol. The summed E-state index contributed by atoms with van der Waals surface area (Å²) in [6.07, 6.45) is 16.2. The van der Waals surface area contributed by atoms with Crippen LogP contribution in [0.2, 0.25) is 0 Å². The zero-order valence-electron chi connectivity index (χ0n) is 28.9. The van der Waals surface area contributed by atoms with Crippen molar-refractivity contribution in [2.45, 2.75) is 161 Å². The number of aryl methyl sites for hydroxylation is 1. The van der Waals surface area contributed by atoms with Crippen LogP contribution in [0.4, 0.5) is 0 Å². The van der Waals surface area contributed by atoms with E-state index in [0.717, 1.165) is 103 Å². The average Bonchev–Trinajstić information content (AvgIpc) is 3.38. The van der Waals surface area contributed by atoms with Gasteiger partial charge in [-0.1, -0.05) is 40.0 Å². The molecule has 1 spiro atoms. The number of unbranched alkanes of at least 4 members (excludes halogenated alkanes) is 3. The first kappa shape index (κ1) is 36.2. The third kappa shape index (κ3) is 10.4. The van der Waals surface area contributed by atoms with Crippen molar-refractivity contribution >= 4 is 28.8 Å². The Hall–Kier alpha value is -0.660. The minimum absolute atomic E-state index is 0.0636. The maximum Gasteiger partial charge on any atom is 0.220 e. The predicted octanol–water partition coefficient (Wildman–Crippen LogP) is 9.03. The number of amides is 1. The molecule has 1 saturated heterocycles. The van der Waals surface area contributed by atoms with Crippen molar-refractivity contribution in [2.24, 2.45) is 11.3 Å². The van der Waals surface area contributed by atoms with Gasteiger partial charge >= 0.3 is 0 Å². The van der Waals surface area contributed by atoms with Crippen LogP contribution >= 0.6 is 22.9 Å². The van der Waals surface area contributed by atoms with Crippen LogP contribution in [-0.4, -0.2) is 60.7 Å². The number of hydrogen-bond donors (Lipinski definition) is 1. The first-order valence-electron chi connectivity index (χ1n) is 17.9. The lowest BCUT2D eigenvalue weighted by atomic mass is 9.76. The van der Waals surface area contributed by atoms with Crippen molar-refractivity contribution in [1.82, 2.24) is 10.2 Å². The molecule has 3 aliphatic rings. The third-order valence-electron chi connectivity index (χ3n) is 10.7. The molecular weight excluding hydrogens is 588 g/mol. The van der Waals surface area contributed by atoms with E-state index < -0.39 is 0 Å². The fourth-order valence-electron chi connectivity index (χ4n) is 7.71. The second-order valence-electron chi connectivity index (χ2n) is 15.6. The van der Waals surface area contributed by atoms with Gasteiger partial charge in [0.1, 0.15) is 0 Å². The minimum Gasteiger partial charge on any atom is -0.376 e. The Morgan fingerprint density at radius 1 is 1.14 bits per heavy atom. The number of hydrogen-bond acceptors (Lipinski definition) is 5. The molecule has 0 bridgehead atoms. The topological polar surface area (TPSA) is 50.8 Å². The van der Waals surface area contributed by atoms with Crippen LogP contribution in [0.25, 0.3) is 0 Å². The summed E-state index contributed by atoms with van der Waals surface area (Å²) in [5.41, 5.74) is 1.56. The quantitative estimate of drug-likeness (QED) is 0.127.